The number of carbonyl (C=O) groups is 2. The highest BCUT2D eigenvalue weighted by atomic mass is 16.5. The van der Waals surface area contributed by atoms with Crippen LogP contribution in [0.3, 0.4) is 0 Å². The summed E-state index contributed by atoms with van der Waals surface area (Å²) < 4.78 is 5.28. The van der Waals surface area contributed by atoms with Crippen LogP contribution in [0.2, 0.25) is 0 Å². The molecule has 0 aliphatic rings. The van der Waals surface area contributed by atoms with Crippen molar-refractivity contribution in [1.29, 1.82) is 0 Å². The number of ketones is 1. The Hall–Kier alpha value is -3.24. The lowest BCUT2D eigenvalue weighted by molar-refractivity contribution is -0.0205. The first-order chi connectivity index (χ1) is 12.6. The quantitative estimate of drug-likeness (QED) is 0.547. The summed E-state index contributed by atoms with van der Waals surface area (Å²) in [6.07, 6.45) is 0. The maximum Gasteiger partial charge on any atom is 0.338 e. The maximum absolute atomic E-state index is 13.0. The van der Waals surface area contributed by atoms with E-state index < -0.39 is 24.0 Å². The molecule has 0 aromatic heterocycles. The predicted molar refractivity (Wildman–Crippen MR) is 97.8 cm³/mol. The number of carbonyl (C=O) groups excluding carboxylic acids is 2. The summed E-state index contributed by atoms with van der Waals surface area (Å²) in [5.74, 6) is -1.12. The molecule has 0 radical (unpaired) electrons. The minimum absolute atomic E-state index is 0.342. The van der Waals surface area contributed by atoms with Crippen molar-refractivity contribution in [3.8, 4) is 0 Å². The van der Waals surface area contributed by atoms with E-state index in [0.717, 1.165) is 0 Å². The average Bonchev–Trinajstić information content (AvgIpc) is 2.73. The molecule has 0 amide bonds. The Kier molecular flexibility index (Phi) is 5.25. The SMILES string of the molecule is O=C(OCC(O)(C(=O)c1ccccc1)c1ccccc1)c1ccccc1. The number of rotatable bonds is 6. The predicted octanol–water partition coefficient (Wildman–Crippen LogP) is 3.61. The molecule has 4 nitrogen and oxygen atoms in total. The van der Waals surface area contributed by atoms with Crippen molar-refractivity contribution in [1.82, 2.24) is 0 Å². The molecular weight excluding hydrogens is 328 g/mol. The third-order valence-electron chi connectivity index (χ3n) is 4.08. The van der Waals surface area contributed by atoms with E-state index in [1.54, 1.807) is 91.0 Å². The molecular formula is C22H18O4. The fraction of sp³-hybridized carbons (Fsp3) is 0.0909. The van der Waals surface area contributed by atoms with Gasteiger partial charge in [-0.2, -0.15) is 0 Å². The van der Waals surface area contributed by atoms with Crippen molar-refractivity contribution < 1.29 is 19.4 Å². The van der Waals surface area contributed by atoms with Gasteiger partial charge in [0.15, 0.2) is 5.60 Å². The highest BCUT2D eigenvalue weighted by Crippen LogP contribution is 2.27. The van der Waals surface area contributed by atoms with Gasteiger partial charge in [-0.15, -0.1) is 0 Å². The van der Waals surface area contributed by atoms with Gasteiger partial charge in [-0.3, -0.25) is 4.79 Å². The van der Waals surface area contributed by atoms with Crippen molar-refractivity contribution >= 4 is 11.8 Å². The Balaban J connectivity index is 1.89. The zero-order chi connectivity index (χ0) is 18.4. The fourth-order valence-corrected chi connectivity index (χ4v) is 2.65. The van der Waals surface area contributed by atoms with Gasteiger partial charge in [0, 0.05) is 5.56 Å². The van der Waals surface area contributed by atoms with Crippen molar-refractivity contribution in [2.75, 3.05) is 6.61 Å². The third kappa shape index (κ3) is 3.71. The summed E-state index contributed by atoms with van der Waals surface area (Å²) >= 11 is 0. The van der Waals surface area contributed by atoms with Gasteiger partial charge in [-0.25, -0.2) is 4.79 Å². The Bertz CT molecular complexity index is 876. The second kappa shape index (κ2) is 7.76. The van der Waals surface area contributed by atoms with E-state index in [1.807, 2.05) is 0 Å². The van der Waals surface area contributed by atoms with Gasteiger partial charge in [0.05, 0.1) is 5.56 Å². The lowest BCUT2D eigenvalue weighted by Gasteiger charge is -2.27. The highest BCUT2D eigenvalue weighted by molar-refractivity contribution is 6.03. The number of ether oxygens (including phenoxy) is 1. The van der Waals surface area contributed by atoms with Gasteiger partial charge < -0.3 is 9.84 Å². The molecule has 3 aromatic rings. The van der Waals surface area contributed by atoms with Crippen molar-refractivity contribution in [2.45, 2.75) is 5.60 Å². The van der Waals surface area contributed by atoms with Gasteiger partial charge in [0.2, 0.25) is 5.78 Å². The first kappa shape index (κ1) is 17.6. The van der Waals surface area contributed by atoms with E-state index in [1.165, 1.54) is 0 Å². The molecule has 0 fully saturated rings. The summed E-state index contributed by atoms with van der Waals surface area (Å²) in [5, 5.41) is 11.2. The highest BCUT2D eigenvalue weighted by Gasteiger charge is 2.40. The third-order valence-corrected chi connectivity index (χ3v) is 4.08. The lowest BCUT2D eigenvalue weighted by atomic mass is 9.86. The number of esters is 1. The molecule has 0 saturated heterocycles. The molecule has 1 atom stereocenters. The Morgan fingerprint density at radius 3 is 1.73 bits per heavy atom. The minimum Gasteiger partial charge on any atom is -0.458 e. The minimum atomic E-state index is -1.97. The van der Waals surface area contributed by atoms with Crippen molar-refractivity contribution in [3.05, 3.63) is 108 Å². The van der Waals surface area contributed by atoms with Crippen LogP contribution in [0, 0.1) is 0 Å². The number of Topliss-reactive ketones (excluding diaryl/α,β-unsaturated/α-hetero) is 1. The van der Waals surface area contributed by atoms with Gasteiger partial charge >= 0.3 is 5.97 Å². The number of hydrogen-bond acceptors (Lipinski definition) is 4. The fourth-order valence-electron chi connectivity index (χ4n) is 2.65. The zero-order valence-electron chi connectivity index (χ0n) is 14.0. The second-order valence-electron chi connectivity index (χ2n) is 5.86. The molecule has 0 aliphatic carbocycles. The summed E-state index contributed by atoms with van der Waals surface area (Å²) in [4.78, 5) is 25.2. The first-order valence-corrected chi connectivity index (χ1v) is 8.21. The van der Waals surface area contributed by atoms with Gasteiger partial charge in [0.25, 0.3) is 0 Å². The molecule has 1 N–H and O–H groups in total. The summed E-state index contributed by atoms with van der Waals surface area (Å²) in [5.41, 5.74) is -0.896. The van der Waals surface area contributed by atoms with E-state index in [0.29, 0.717) is 16.7 Å². The standard InChI is InChI=1S/C22H18O4/c23-20(17-10-4-1-5-11-17)22(25,19-14-8-3-9-15-19)16-26-21(24)18-12-6-2-7-13-18/h1-15,25H,16H2. The van der Waals surface area contributed by atoms with Gasteiger partial charge in [-0.1, -0.05) is 78.9 Å². The van der Waals surface area contributed by atoms with Crippen LogP contribution in [0.1, 0.15) is 26.3 Å². The normalized spacial score (nSPS) is 12.8. The molecule has 26 heavy (non-hydrogen) atoms. The van der Waals surface area contributed by atoms with Crippen LogP contribution >= 0.6 is 0 Å². The topological polar surface area (TPSA) is 63.6 Å². The Morgan fingerprint density at radius 1 is 0.731 bits per heavy atom. The molecule has 1 unspecified atom stereocenters. The molecule has 0 heterocycles. The van der Waals surface area contributed by atoms with Crippen LogP contribution in [0.25, 0.3) is 0 Å². The number of benzene rings is 3. The Morgan fingerprint density at radius 2 is 1.19 bits per heavy atom. The van der Waals surface area contributed by atoms with Crippen LogP contribution in [-0.2, 0) is 10.3 Å². The van der Waals surface area contributed by atoms with Crippen LogP contribution < -0.4 is 0 Å². The summed E-state index contributed by atoms with van der Waals surface area (Å²) in [6.45, 7) is -0.474. The molecule has 0 saturated carbocycles. The maximum atomic E-state index is 13.0. The molecule has 0 spiro atoms. The van der Waals surface area contributed by atoms with Gasteiger partial charge in [-0.05, 0) is 17.7 Å². The van der Waals surface area contributed by atoms with Crippen molar-refractivity contribution in [3.63, 3.8) is 0 Å². The first-order valence-electron chi connectivity index (χ1n) is 8.21. The number of hydrogen-bond donors (Lipinski definition) is 1. The smallest absolute Gasteiger partial charge is 0.338 e. The molecule has 0 bridgehead atoms. The second-order valence-corrected chi connectivity index (χ2v) is 5.86. The van der Waals surface area contributed by atoms with Crippen LogP contribution in [-0.4, -0.2) is 23.5 Å². The zero-order valence-corrected chi connectivity index (χ0v) is 14.0. The summed E-state index contributed by atoms with van der Waals surface area (Å²) in [6, 6.07) is 25.4. The molecule has 3 rings (SSSR count). The molecule has 130 valence electrons. The van der Waals surface area contributed by atoms with E-state index in [4.69, 9.17) is 4.74 Å². The van der Waals surface area contributed by atoms with E-state index in [9.17, 15) is 14.7 Å². The number of aliphatic hydroxyl groups is 1. The molecule has 3 aromatic carbocycles. The summed E-state index contributed by atoms with van der Waals surface area (Å²) in [7, 11) is 0. The van der Waals surface area contributed by atoms with E-state index in [2.05, 4.69) is 0 Å². The molecule has 4 heteroatoms. The largest absolute Gasteiger partial charge is 0.458 e. The van der Waals surface area contributed by atoms with Gasteiger partial charge in [0.1, 0.15) is 6.61 Å². The van der Waals surface area contributed by atoms with E-state index in [-0.39, 0.29) is 0 Å². The van der Waals surface area contributed by atoms with E-state index >= 15 is 0 Å². The van der Waals surface area contributed by atoms with Crippen LogP contribution in [0.15, 0.2) is 91.0 Å². The lowest BCUT2D eigenvalue weighted by Crippen LogP contribution is -2.41. The monoisotopic (exact) mass is 346 g/mol. The van der Waals surface area contributed by atoms with Crippen molar-refractivity contribution in [2.24, 2.45) is 0 Å². The van der Waals surface area contributed by atoms with Crippen LogP contribution in [0.5, 0.6) is 0 Å². The molecule has 0 aliphatic heterocycles. The Labute approximate surface area is 151 Å². The van der Waals surface area contributed by atoms with Crippen LogP contribution in [0.4, 0.5) is 0 Å². The average molecular weight is 346 g/mol.